The van der Waals surface area contributed by atoms with E-state index in [1.165, 1.54) is 7.11 Å². The Morgan fingerprint density at radius 1 is 1.14 bits per heavy atom. The van der Waals surface area contributed by atoms with Crippen LogP contribution in [0, 0.1) is 0 Å². The maximum absolute atomic E-state index is 12.2. The van der Waals surface area contributed by atoms with E-state index in [0.717, 1.165) is 13.1 Å². The zero-order valence-electron chi connectivity index (χ0n) is 12.6. The van der Waals surface area contributed by atoms with Crippen molar-refractivity contribution in [2.45, 2.75) is 13.8 Å². The number of methoxy groups -OCH3 is 2. The minimum atomic E-state index is -0.183. The minimum Gasteiger partial charge on any atom is -0.493 e. The molecule has 0 aliphatic rings. The molecule has 21 heavy (non-hydrogen) atoms. The van der Waals surface area contributed by atoms with E-state index in [9.17, 15) is 4.79 Å². The van der Waals surface area contributed by atoms with Crippen molar-refractivity contribution in [3.8, 4) is 11.5 Å². The second-order valence-corrected chi connectivity index (χ2v) is 4.29. The number of nitrogens with one attached hydrogen (secondary N) is 1. The van der Waals surface area contributed by atoms with E-state index in [1.54, 1.807) is 19.2 Å². The van der Waals surface area contributed by atoms with Crippen molar-refractivity contribution in [1.29, 1.82) is 0 Å². The number of nitrogens with zero attached hydrogens (tertiary/aromatic N) is 2. The van der Waals surface area contributed by atoms with Crippen LogP contribution in [0.4, 0.5) is 5.95 Å². The van der Waals surface area contributed by atoms with Gasteiger partial charge in [0.15, 0.2) is 11.5 Å². The van der Waals surface area contributed by atoms with Crippen molar-refractivity contribution in [2.24, 2.45) is 0 Å². The predicted molar refractivity (Wildman–Crippen MR) is 86.3 cm³/mol. The van der Waals surface area contributed by atoms with Crippen molar-refractivity contribution in [2.75, 3.05) is 32.2 Å². The van der Waals surface area contributed by atoms with Gasteiger partial charge in [-0.05, 0) is 19.9 Å². The molecule has 0 spiro atoms. The lowest BCUT2D eigenvalue weighted by Gasteiger charge is -2.19. The lowest BCUT2D eigenvalue weighted by atomic mass is 10.2. The van der Waals surface area contributed by atoms with Gasteiger partial charge in [0.05, 0.1) is 25.1 Å². The molecular weight excluding hydrogens is 294 g/mol. The fraction of sp³-hybridized carbons (Fsp3) is 0.429. The number of ether oxygens (including phenoxy) is 2. The molecule has 6 nitrogen and oxygen atoms in total. The molecule has 0 amide bonds. The highest BCUT2D eigenvalue weighted by molar-refractivity contribution is 5.85. The number of fused-ring (bicyclic) bond motifs is 1. The summed E-state index contributed by atoms with van der Waals surface area (Å²) in [7, 11) is 3.09. The van der Waals surface area contributed by atoms with Crippen LogP contribution in [0.1, 0.15) is 13.8 Å². The Morgan fingerprint density at radius 3 is 2.24 bits per heavy atom. The quantitative estimate of drug-likeness (QED) is 0.916. The third kappa shape index (κ3) is 3.21. The molecule has 0 atom stereocenters. The Bertz CT molecular complexity index is 668. The molecule has 0 fully saturated rings. The SMILES string of the molecule is CCN(CC)c1nc2cc(OC)c(OC)cc2c(=O)[nH]1.Cl. The van der Waals surface area contributed by atoms with Gasteiger partial charge >= 0.3 is 0 Å². The molecule has 0 radical (unpaired) electrons. The van der Waals surface area contributed by atoms with Crippen molar-refractivity contribution < 1.29 is 9.47 Å². The summed E-state index contributed by atoms with van der Waals surface area (Å²) in [6, 6.07) is 3.36. The smallest absolute Gasteiger partial charge is 0.260 e. The van der Waals surface area contributed by atoms with E-state index in [-0.39, 0.29) is 18.0 Å². The van der Waals surface area contributed by atoms with Crippen LogP contribution in [0.2, 0.25) is 0 Å². The molecule has 0 aliphatic carbocycles. The van der Waals surface area contributed by atoms with Gasteiger partial charge in [0, 0.05) is 19.2 Å². The van der Waals surface area contributed by atoms with Crippen LogP contribution >= 0.6 is 12.4 Å². The first-order valence-corrected chi connectivity index (χ1v) is 6.55. The van der Waals surface area contributed by atoms with Crippen LogP contribution in [0.15, 0.2) is 16.9 Å². The first kappa shape index (κ1) is 17.1. The molecule has 1 aromatic carbocycles. The number of halogens is 1. The van der Waals surface area contributed by atoms with Crippen LogP contribution < -0.4 is 19.9 Å². The van der Waals surface area contributed by atoms with Gasteiger partial charge in [0.2, 0.25) is 5.95 Å². The summed E-state index contributed by atoms with van der Waals surface area (Å²) in [5, 5.41) is 0.485. The zero-order chi connectivity index (χ0) is 14.7. The van der Waals surface area contributed by atoms with Gasteiger partial charge in [0.1, 0.15) is 0 Å². The standard InChI is InChI=1S/C14H19N3O3.ClH/c1-5-17(6-2)14-15-10-8-12(20-4)11(19-3)7-9(10)13(18)16-14;/h7-8H,5-6H2,1-4H3,(H,15,16,18);1H. The van der Waals surface area contributed by atoms with Gasteiger partial charge < -0.3 is 14.4 Å². The lowest BCUT2D eigenvalue weighted by Crippen LogP contribution is -2.26. The van der Waals surface area contributed by atoms with Gasteiger partial charge in [-0.3, -0.25) is 9.78 Å². The fourth-order valence-corrected chi connectivity index (χ4v) is 2.13. The Hall–Kier alpha value is -1.95. The van der Waals surface area contributed by atoms with Gasteiger partial charge in [0.25, 0.3) is 5.56 Å². The number of hydrogen-bond acceptors (Lipinski definition) is 5. The first-order valence-electron chi connectivity index (χ1n) is 6.55. The Balaban J connectivity index is 0.00000220. The third-order valence-electron chi connectivity index (χ3n) is 3.26. The minimum absolute atomic E-state index is 0. The average Bonchev–Trinajstić information content (AvgIpc) is 2.47. The number of hydrogen-bond donors (Lipinski definition) is 1. The predicted octanol–water partition coefficient (Wildman–Crippen LogP) is 2.21. The molecule has 116 valence electrons. The summed E-state index contributed by atoms with van der Waals surface area (Å²) in [6.07, 6.45) is 0. The summed E-state index contributed by atoms with van der Waals surface area (Å²) in [5.41, 5.74) is 0.408. The topological polar surface area (TPSA) is 67.5 Å². The summed E-state index contributed by atoms with van der Waals surface area (Å²) in [5.74, 6) is 1.64. The van der Waals surface area contributed by atoms with Gasteiger partial charge in [-0.25, -0.2) is 4.98 Å². The number of benzene rings is 1. The molecular formula is C14H20ClN3O3. The van der Waals surface area contributed by atoms with Crippen LogP contribution in [0.5, 0.6) is 11.5 Å². The molecule has 0 unspecified atom stereocenters. The maximum Gasteiger partial charge on any atom is 0.260 e. The van der Waals surface area contributed by atoms with E-state index in [4.69, 9.17) is 9.47 Å². The fourth-order valence-electron chi connectivity index (χ4n) is 2.13. The van der Waals surface area contributed by atoms with Crippen LogP contribution in [0.3, 0.4) is 0 Å². The van der Waals surface area contributed by atoms with Gasteiger partial charge in [-0.2, -0.15) is 0 Å². The molecule has 1 heterocycles. The van der Waals surface area contributed by atoms with E-state index < -0.39 is 0 Å². The molecule has 2 aromatic rings. The molecule has 0 aliphatic heterocycles. The van der Waals surface area contributed by atoms with E-state index in [1.807, 2.05) is 18.7 Å². The maximum atomic E-state index is 12.2. The summed E-state index contributed by atoms with van der Waals surface area (Å²) in [6.45, 7) is 5.58. The van der Waals surface area contributed by atoms with Crippen LogP contribution in [-0.4, -0.2) is 37.3 Å². The monoisotopic (exact) mass is 313 g/mol. The van der Waals surface area contributed by atoms with Crippen LogP contribution in [0.25, 0.3) is 10.9 Å². The number of H-pyrrole nitrogens is 1. The number of aromatic amines is 1. The summed E-state index contributed by atoms with van der Waals surface area (Å²) < 4.78 is 10.4. The largest absolute Gasteiger partial charge is 0.493 e. The van der Waals surface area contributed by atoms with E-state index in [2.05, 4.69) is 9.97 Å². The Kier molecular flexibility index (Phi) is 5.84. The van der Waals surface area contributed by atoms with Gasteiger partial charge in [-0.15, -0.1) is 12.4 Å². The van der Waals surface area contributed by atoms with Gasteiger partial charge in [-0.1, -0.05) is 0 Å². The molecule has 2 rings (SSSR count). The molecule has 0 saturated carbocycles. The second-order valence-electron chi connectivity index (χ2n) is 4.29. The second kappa shape index (κ2) is 7.17. The Morgan fingerprint density at radius 2 is 1.71 bits per heavy atom. The van der Waals surface area contributed by atoms with Crippen molar-refractivity contribution in [3.63, 3.8) is 0 Å². The highest BCUT2D eigenvalue weighted by atomic mass is 35.5. The van der Waals surface area contributed by atoms with Crippen molar-refractivity contribution in [3.05, 3.63) is 22.5 Å². The van der Waals surface area contributed by atoms with E-state index in [0.29, 0.717) is 28.4 Å². The van der Waals surface area contributed by atoms with E-state index >= 15 is 0 Å². The highest BCUT2D eigenvalue weighted by Crippen LogP contribution is 2.30. The van der Waals surface area contributed by atoms with Crippen molar-refractivity contribution in [1.82, 2.24) is 9.97 Å². The van der Waals surface area contributed by atoms with Crippen molar-refractivity contribution >= 4 is 29.3 Å². The molecule has 0 bridgehead atoms. The zero-order valence-corrected chi connectivity index (χ0v) is 13.4. The first-order chi connectivity index (χ1) is 9.64. The Labute approximate surface area is 129 Å². The highest BCUT2D eigenvalue weighted by Gasteiger charge is 2.12. The number of anilines is 1. The molecule has 0 saturated heterocycles. The molecule has 1 aromatic heterocycles. The molecule has 7 heteroatoms. The third-order valence-corrected chi connectivity index (χ3v) is 3.26. The number of aromatic nitrogens is 2. The summed E-state index contributed by atoms with van der Waals surface area (Å²) in [4.78, 5) is 21.5. The summed E-state index contributed by atoms with van der Waals surface area (Å²) >= 11 is 0. The lowest BCUT2D eigenvalue weighted by molar-refractivity contribution is 0.355. The molecule has 1 N–H and O–H groups in total. The normalized spacial score (nSPS) is 10.1. The number of rotatable bonds is 5. The average molecular weight is 314 g/mol. The van der Waals surface area contributed by atoms with Crippen LogP contribution in [-0.2, 0) is 0 Å².